The molecule has 0 aliphatic rings. The van der Waals surface area contributed by atoms with Crippen LogP contribution in [0, 0.1) is 5.41 Å². The average Bonchev–Trinajstić information content (AvgIpc) is 3.32. The number of carbonyl (C=O) groups excluding carboxylic acids is 3. The predicted molar refractivity (Wildman–Crippen MR) is 245 cm³/mol. The van der Waals surface area contributed by atoms with Gasteiger partial charge in [-0.15, -0.1) is 0 Å². The highest BCUT2D eigenvalue weighted by Gasteiger charge is 2.35. The Bertz CT molecular complexity index is 2390. The van der Waals surface area contributed by atoms with Crippen LogP contribution >= 0.6 is 0 Å². The first kappa shape index (κ1) is 46.7. The number of rotatable bonds is 17. The van der Waals surface area contributed by atoms with E-state index in [4.69, 9.17) is 33.9 Å². The third-order valence-corrected chi connectivity index (χ3v) is 9.98. The van der Waals surface area contributed by atoms with Gasteiger partial charge in [0.25, 0.3) is 0 Å². The van der Waals surface area contributed by atoms with Gasteiger partial charge in [0, 0.05) is 28.3 Å². The maximum absolute atomic E-state index is 13.2. The van der Waals surface area contributed by atoms with E-state index in [9.17, 15) is 19.5 Å². The number of nitrogens with zero attached hydrogens (tertiary/aromatic N) is 3. The topological polar surface area (TPSA) is 147 Å². The van der Waals surface area contributed by atoms with E-state index in [0.29, 0.717) is 23.6 Å². The second-order valence-corrected chi connectivity index (χ2v) is 14.8. The van der Waals surface area contributed by atoms with E-state index in [0.717, 1.165) is 33.4 Å². The SMILES string of the molecule is C=C(C)C(=O)OCC(CC)(COC(=O)C(=C)C)COC(=O)C(C)Oc1ccc(-c2nc(-c3ccc(-c4ccccc4)cc3)nc(-c3ccc(-c4ccccc4)cc3)n2)c(O)c1.CC. The van der Waals surface area contributed by atoms with E-state index in [-0.39, 0.29) is 48.3 Å². The summed E-state index contributed by atoms with van der Waals surface area (Å²) in [6, 6.07) is 40.5. The van der Waals surface area contributed by atoms with Crippen molar-refractivity contribution in [3.63, 3.8) is 0 Å². The van der Waals surface area contributed by atoms with Gasteiger partial charge >= 0.3 is 17.9 Å². The average molecular weight is 848 g/mol. The summed E-state index contributed by atoms with van der Waals surface area (Å²) in [5, 5.41) is 11.4. The fourth-order valence-corrected chi connectivity index (χ4v) is 6.12. The molecule has 0 spiro atoms. The molecule has 0 saturated heterocycles. The molecular formula is C52H53N3O8. The van der Waals surface area contributed by atoms with Crippen LogP contribution in [-0.4, -0.2) is 63.9 Å². The summed E-state index contributed by atoms with van der Waals surface area (Å²) in [6.07, 6.45) is -0.792. The zero-order valence-electron chi connectivity index (χ0n) is 36.6. The molecule has 1 heterocycles. The lowest BCUT2D eigenvalue weighted by molar-refractivity contribution is -0.163. The molecule has 0 radical (unpaired) electrons. The smallest absolute Gasteiger partial charge is 0.347 e. The van der Waals surface area contributed by atoms with Crippen molar-refractivity contribution in [1.82, 2.24) is 15.0 Å². The standard InChI is InChI=1S/C50H47N3O8.C2H6/c1-7-50(29-58-47(55)32(2)3,30-59-48(56)33(4)5)31-60-49(57)34(6)61-41-26-27-42(43(54)28-41)46-52-44(39-22-18-37(19-23-39)35-14-10-8-11-15-35)51-45(53-46)40-24-20-38(21-25-40)36-16-12-9-13-17-36;1-2/h8-28,34,54H,2,4,7,29-31H2,1,3,5-6H3;1-2H3. The number of phenolic OH excluding ortho intramolecular Hbond substituents is 1. The molecule has 11 heteroatoms. The van der Waals surface area contributed by atoms with Crippen LogP contribution in [0.1, 0.15) is 48.0 Å². The van der Waals surface area contributed by atoms with Crippen LogP contribution in [0.5, 0.6) is 11.5 Å². The third kappa shape index (κ3) is 12.3. The molecule has 1 N–H and O–H groups in total. The largest absolute Gasteiger partial charge is 0.507 e. The van der Waals surface area contributed by atoms with Gasteiger partial charge in [0.05, 0.1) is 11.0 Å². The first-order valence-electron chi connectivity index (χ1n) is 20.7. The highest BCUT2D eigenvalue weighted by molar-refractivity contribution is 5.87. The molecule has 6 aromatic rings. The maximum Gasteiger partial charge on any atom is 0.347 e. The molecule has 1 atom stereocenters. The van der Waals surface area contributed by atoms with E-state index in [1.807, 2.05) is 123 Å². The molecule has 5 aromatic carbocycles. The number of esters is 3. The van der Waals surface area contributed by atoms with Crippen LogP contribution in [0.4, 0.5) is 0 Å². The minimum absolute atomic E-state index is 0.181. The van der Waals surface area contributed by atoms with Crippen molar-refractivity contribution in [2.75, 3.05) is 19.8 Å². The molecule has 0 aliphatic heterocycles. The summed E-state index contributed by atoms with van der Waals surface area (Å²) >= 11 is 0. The zero-order chi connectivity index (χ0) is 45.5. The number of phenols is 1. The fraction of sp³-hybridized carbons (Fsp3) is 0.231. The van der Waals surface area contributed by atoms with E-state index >= 15 is 0 Å². The Balaban J connectivity index is 0.00000369. The normalized spacial score (nSPS) is 11.3. The predicted octanol–water partition coefficient (Wildman–Crippen LogP) is 10.9. The van der Waals surface area contributed by atoms with Crippen LogP contribution in [0.25, 0.3) is 56.4 Å². The van der Waals surface area contributed by atoms with Gasteiger partial charge in [-0.25, -0.2) is 29.3 Å². The van der Waals surface area contributed by atoms with Crippen molar-refractivity contribution in [3.05, 3.63) is 152 Å². The number of aromatic hydroxyl groups is 1. The monoisotopic (exact) mass is 847 g/mol. The fourth-order valence-electron chi connectivity index (χ4n) is 6.12. The third-order valence-electron chi connectivity index (χ3n) is 9.98. The van der Waals surface area contributed by atoms with Crippen LogP contribution in [0.15, 0.2) is 152 Å². The summed E-state index contributed by atoms with van der Waals surface area (Å²) in [6.45, 7) is 16.9. The maximum atomic E-state index is 13.2. The molecule has 0 amide bonds. The zero-order valence-corrected chi connectivity index (χ0v) is 36.6. The lowest BCUT2D eigenvalue weighted by atomic mass is 9.88. The van der Waals surface area contributed by atoms with E-state index in [1.165, 1.54) is 26.8 Å². The number of hydrogen-bond acceptors (Lipinski definition) is 11. The molecule has 1 aromatic heterocycles. The number of carbonyl (C=O) groups is 3. The summed E-state index contributed by atoms with van der Waals surface area (Å²) < 4.78 is 22.3. The number of aromatic nitrogens is 3. The van der Waals surface area contributed by atoms with E-state index in [1.54, 1.807) is 19.1 Å². The molecule has 6 rings (SSSR count). The van der Waals surface area contributed by atoms with Gasteiger partial charge in [0.1, 0.15) is 31.3 Å². The van der Waals surface area contributed by atoms with Crippen LogP contribution < -0.4 is 4.74 Å². The number of ether oxygens (including phenoxy) is 4. The van der Waals surface area contributed by atoms with Crippen molar-refractivity contribution >= 4 is 17.9 Å². The summed E-state index contributed by atoms with van der Waals surface area (Å²) in [4.78, 5) is 52.2. The van der Waals surface area contributed by atoms with E-state index < -0.39 is 29.4 Å². The Kier molecular flexibility index (Phi) is 16.2. The second kappa shape index (κ2) is 21.9. The minimum Gasteiger partial charge on any atom is -0.507 e. The molecule has 324 valence electrons. The Morgan fingerprint density at radius 2 is 0.984 bits per heavy atom. The molecule has 63 heavy (non-hydrogen) atoms. The van der Waals surface area contributed by atoms with Gasteiger partial charge in [0.15, 0.2) is 23.6 Å². The van der Waals surface area contributed by atoms with E-state index in [2.05, 4.69) is 13.2 Å². The molecule has 1 unspecified atom stereocenters. The summed E-state index contributed by atoms with van der Waals surface area (Å²) in [5.74, 6) is -0.951. The Morgan fingerprint density at radius 3 is 1.40 bits per heavy atom. The van der Waals surface area contributed by atoms with Crippen molar-refractivity contribution in [2.45, 2.75) is 54.1 Å². The highest BCUT2D eigenvalue weighted by Crippen LogP contribution is 2.34. The van der Waals surface area contributed by atoms with Gasteiger partial charge in [-0.3, -0.25) is 0 Å². The Labute approximate surface area is 369 Å². The quantitative estimate of drug-likeness (QED) is 0.0531. The van der Waals surface area contributed by atoms with Crippen molar-refractivity contribution in [1.29, 1.82) is 0 Å². The molecular weight excluding hydrogens is 795 g/mol. The number of hydrogen-bond donors (Lipinski definition) is 1. The first-order chi connectivity index (χ1) is 30.3. The lowest BCUT2D eigenvalue weighted by Crippen LogP contribution is -2.40. The van der Waals surface area contributed by atoms with Crippen LogP contribution in [0.2, 0.25) is 0 Å². The van der Waals surface area contributed by atoms with Gasteiger partial charge in [-0.2, -0.15) is 0 Å². The molecule has 11 nitrogen and oxygen atoms in total. The van der Waals surface area contributed by atoms with Gasteiger partial charge in [-0.05, 0) is 61.6 Å². The van der Waals surface area contributed by atoms with Crippen molar-refractivity contribution < 1.29 is 38.4 Å². The molecule has 0 saturated carbocycles. The van der Waals surface area contributed by atoms with Crippen molar-refractivity contribution in [3.8, 4) is 67.9 Å². The van der Waals surface area contributed by atoms with Crippen LogP contribution in [0.3, 0.4) is 0 Å². The Morgan fingerprint density at radius 1 is 0.587 bits per heavy atom. The number of benzene rings is 5. The molecule has 0 fully saturated rings. The van der Waals surface area contributed by atoms with Gasteiger partial charge < -0.3 is 24.1 Å². The minimum atomic E-state index is -1.12. The van der Waals surface area contributed by atoms with Gasteiger partial charge in [-0.1, -0.05) is 143 Å². The summed E-state index contributed by atoms with van der Waals surface area (Å²) in [5.41, 5.74) is 5.40. The second-order valence-electron chi connectivity index (χ2n) is 14.8. The Hall–Kier alpha value is -7.40. The lowest BCUT2D eigenvalue weighted by Gasteiger charge is -2.31. The summed E-state index contributed by atoms with van der Waals surface area (Å²) in [7, 11) is 0. The molecule has 0 aliphatic carbocycles. The van der Waals surface area contributed by atoms with Crippen molar-refractivity contribution in [2.24, 2.45) is 5.41 Å². The first-order valence-corrected chi connectivity index (χ1v) is 20.7. The highest BCUT2D eigenvalue weighted by atomic mass is 16.6. The van der Waals surface area contributed by atoms with Crippen LogP contribution in [-0.2, 0) is 28.6 Å². The van der Waals surface area contributed by atoms with Gasteiger partial charge in [0.2, 0.25) is 0 Å². The molecule has 0 bridgehead atoms.